The second kappa shape index (κ2) is 7.24. The van der Waals surface area contributed by atoms with Crippen molar-refractivity contribution in [2.24, 2.45) is 28.6 Å². The number of rotatable bonds is 4. The third kappa shape index (κ3) is 3.07. The van der Waals surface area contributed by atoms with Crippen LogP contribution in [0.3, 0.4) is 0 Å². The lowest BCUT2D eigenvalue weighted by Gasteiger charge is -2.61. The molecule has 2 saturated carbocycles. The summed E-state index contributed by atoms with van der Waals surface area (Å²) in [4.78, 5) is 26.5. The van der Waals surface area contributed by atoms with Crippen LogP contribution in [-0.4, -0.2) is 36.4 Å². The molecular weight excluding hydrogens is 372 g/mol. The van der Waals surface area contributed by atoms with Gasteiger partial charge in [-0.1, -0.05) is 27.2 Å². The largest absolute Gasteiger partial charge is 0.469 e. The van der Waals surface area contributed by atoms with Crippen molar-refractivity contribution < 1.29 is 28.6 Å². The summed E-state index contributed by atoms with van der Waals surface area (Å²) in [6.07, 6.45) is 3.96. The molecule has 29 heavy (non-hydrogen) atoms. The smallest absolute Gasteiger partial charge is 0.316 e. The molecule has 6 atom stereocenters. The zero-order valence-electron chi connectivity index (χ0n) is 17.8. The first kappa shape index (κ1) is 20.6. The van der Waals surface area contributed by atoms with Crippen molar-refractivity contribution in [2.75, 3.05) is 13.4 Å². The molecule has 6 heteroatoms. The Bertz CT molecular complexity index is 795. The Morgan fingerprint density at radius 1 is 1.31 bits per heavy atom. The number of hydrogen-bond donors (Lipinski definition) is 1. The van der Waals surface area contributed by atoms with Gasteiger partial charge in [-0.3, -0.25) is 9.59 Å². The molecule has 0 bridgehead atoms. The highest BCUT2D eigenvalue weighted by molar-refractivity contribution is 5.90. The maximum absolute atomic E-state index is 13.5. The van der Waals surface area contributed by atoms with E-state index in [1.807, 2.05) is 6.92 Å². The van der Waals surface area contributed by atoms with Crippen LogP contribution in [0.2, 0.25) is 0 Å². The van der Waals surface area contributed by atoms with Crippen LogP contribution < -0.4 is 0 Å². The second-order valence-corrected chi connectivity index (χ2v) is 9.87. The van der Waals surface area contributed by atoms with E-state index in [2.05, 4.69) is 20.8 Å². The molecular formula is C23H32O6. The van der Waals surface area contributed by atoms with Crippen molar-refractivity contribution in [3.05, 3.63) is 23.7 Å². The summed E-state index contributed by atoms with van der Waals surface area (Å²) < 4.78 is 16.3. The van der Waals surface area contributed by atoms with Crippen LogP contribution in [-0.2, 0) is 25.5 Å². The summed E-state index contributed by atoms with van der Waals surface area (Å²) in [6.45, 7) is 8.58. The van der Waals surface area contributed by atoms with Crippen LogP contribution in [0.1, 0.15) is 64.2 Å². The van der Waals surface area contributed by atoms with Gasteiger partial charge in [0.25, 0.3) is 0 Å². The Labute approximate surface area is 171 Å². The van der Waals surface area contributed by atoms with Gasteiger partial charge in [0.05, 0.1) is 12.2 Å². The summed E-state index contributed by atoms with van der Waals surface area (Å²) in [5.41, 5.74) is 0.271. The molecule has 3 unspecified atom stereocenters. The molecule has 0 radical (unpaired) electrons. The van der Waals surface area contributed by atoms with Crippen molar-refractivity contribution in [3.63, 3.8) is 0 Å². The number of fused-ring (bicyclic) bond motifs is 4. The van der Waals surface area contributed by atoms with Gasteiger partial charge in [0, 0.05) is 30.4 Å². The Morgan fingerprint density at radius 3 is 2.79 bits per heavy atom. The first-order valence-corrected chi connectivity index (χ1v) is 10.7. The maximum atomic E-state index is 13.5. The number of carbonyl (C=O) groups is 2. The third-order valence-electron chi connectivity index (χ3n) is 7.88. The molecule has 1 heterocycles. The monoisotopic (exact) mass is 404 g/mol. The van der Waals surface area contributed by atoms with E-state index in [9.17, 15) is 14.7 Å². The summed E-state index contributed by atoms with van der Waals surface area (Å²) >= 11 is 0. The topological polar surface area (TPSA) is 86.0 Å². The van der Waals surface area contributed by atoms with Gasteiger partial charge in [-0.05, 0) is 42.6 Å². The third-order valence-corrected chi connectivity index (χ3v) is 7.88. The van der Waals surface area contributed by atoms with Crippen molar-refractivity contribution >= 4 is 11.8 Å². The molecule has 0 aliphatic heterocycles. The first-order chi connectivity index (χ1) is 13.7. The van der Waals surface area contributed by atoms with E-state index in [0.29, 0.717) is 13.0 Å². The fourth-order valence-electron chi connectivity index (χ4n) is 6.78. The van der Waals surface area contributed by atoms with E-state index in [4.69, 9.17) is 13.9 Å². The predicted octanol–water partition coefficient (Wildman–Crippen LogP) is 3.47. The molecule has 6 nitrogen and oxygen atoms in total. The van der Waals surface area contributed by atoms with Crippen LogP contribution in [0.4, 0.5) is 0 Å². The van der Waals surface area contributed by atoms with E-state index in [-0.39, 0.29) is 35.2 Å². The summed E-state index contributed by atoms with van der Waals surface area (Å²) in [6, 6.07) is 1.77. The number of carbonyl (C=O) groups excluding carboxylic acids is 2. The molecule has 1 aromatic heterocycles. The van der Waals surface area contributed by atoms with Gasteiger partial charge in [0.1, 0.15) is 11.9 Å². The Balaban J connectivity index is 1.77. The van der Waals surface area contributed by atoms with E-state index < -0.39 is 23.9 Å². The standard InChI is InChI=1S/C23H32O6/c1-5-27-12-29-21(26)16-13-7-10-28-15(13)11-14-17(16)18(24)19(25)20-22(2,3)8-6-9-23(14,20)4/h7,10,14,16-18,20,24H,5-6,8-9,11-12H2,1-4H3/t14?,16-,17?,18-,20?,23-/m1/s1. The van der Waals surface area contributed by atoms with Crippen LogP contribution >= 0.6 is 0 Å². The van der Waals surface area contributed by atoms with Gasteiger partial charge in [-0.25, -0.2) is 0 Å². The normalized spacial score (nSPS) is 38.0. The minimum Gasteiger partial charge on any atom is -0.469 e. The second-order valence-electron chi connectivity index (χ2n) is 9.87. The Morgan fingerprint density at radius 2 is 2.07 bits per heavy atom. The lowest BCUT2D eigenvalue weighted by atomic mass is 9.42. The van der Waals surface area contributed by atoms with Crippen molar-refractivity contribution in [1.29, 1.82) is 0 Å². The maximum Gasteiger partial charge on any atom is 0.316 e. The van der Waals surface area contributed by atoms with E-state index in [0.717, 1.165) is 30.6 Å². The van der Waals surface area contributed by atoms with E-state index in [1.54, 1.807) is 12.3 Å². The minimum atomic E-state index is -1.18. The quantitative estimate of drug-likeness (QED) is 0.470. The van der Waals surface area contributed by atoms with Gasteiger partial charge in [-0.2, -0.15) is 0 Å². The summed E-state index contributed by atoms with van der Waals surface area (Å²) in [5.74, 6) is -1.27. The van der Waals surface area contributed by atoms with Gasteiger partial charge in [0.2, 0.25) is 0 Å². The van der Waals surface area contributed by atoms with Gasteiger partial charge < -0.3 is 19.0 Å². The number of furan rings is 1. The number of ketones is 1. The average molecular weight is 405 g/mol. The van der Waals surface area contributed by atoms with Crippen molar-refractivity contribution in [2.45, 2.75) is 65.4 Å². The number of ether oxygens (including phenoxy) is 2. The lowest BCUT2D eigenvalue weighted by Crippen LogP contribution is -2.64. The number of hydrogen-bond acceptors (Lipinski definition) is 6. The molecule has 1 N–H and O–H groups in total. The van der Waals surface area contributed by atoms with Gasteiger partial charge >= 0.3 is 5.97 Å². The Hall–Kier alpha value is -1.66. The number of esters is 1. The van der Waals surface area contributed by atoms with Crippen LogP contribution in [0.5, 0.6) is 0 Å². The van der Waals surface area contributed by atoms with Crippen molar-refractivity contribution in [1.82, 2.24) is 0 Å². The molecule has 1 aromatic rings. The number of aliphatic hydroxyl groups excluding tert-OH is 1. The van der Waals surface area contributed by atoms with Crippen molar-refractivity contribution in [3.8, 4) is 0 Å². The van der Waals surface area contributed by atoms with Gasteiger partial charge in [0.15, 0.2) is 12.6 Å². The molecule has 3 aliphatic rings. The molecule has 160 valence electrons. The molecule has 0 saturated heterocycles. The van der Waals surface area contributed by atoms with E-state index >= 15 is 0 Å². The average Bonchev–Trinajstić information content (AvgIpc) is 3.12. The van der Waals surface area contributed by atoms with Crippen LogP contribution in [0.15, 0.2) is 16.7 Å². The lowest BCUT2D eigenvalue weighted by molar-refractivity contribution is -0.183. The van der Waals surface area contributed by atoms with E-state index in [1.165, 1.54) is 0 Å². The molecule has 4 rings (SSSR count). The SMILES string of the molecule is CCOCOC(=O)[C@@H]1c2ccoc2CC2C1[C@@H](O)C(=O)C1C(C)(C)CCC[C@]21C. The molecule has 0 amide bonds. The summed E-state index contributed by atoms with van der Waals surface area (Å²) in [7, 11) is 0. The van der Waals surface area contributed by atoms with Crippen LogP contribution in [0, 0.1) is 28.6 Å². The fourth-order valence-corrected chi connectivity index (χ4v) is 6.78. The van der Waals surface area contributed by atoms with Crippen LogP contribution in [0.25, 0.3) is 0 Å². The molecule has 2 fully saturated rings. The highest BCUT2D eigenvalue weighted by Crippen LogP contribution is 2.63. The Kier molecular flexibility index (Phi) is 5.14. The molecule has 0 spiro atoms. The fraction of sp³-hybridized carbons (Fsp3) is 0.739. The minimum absolute atomic E-state index is 0.0249. The first-order valence-electron chi connectivity index (χ1n) is 10.7. The summed E-state index contributed by atoms with van der Waals surface area (Å²) in [5, 5.41) is 11.2. The zero-order chi connectivity index (χ0) is 21.0. The molecule has 3 aliphatic carbocycles. The highest BCUT2D eigenvalue weighted by Gasteiger charge is 2.65. The number of aliphatic hydroxyl groups is 1. The zero-order valence-corrected chi connectivity index (χ0v) is 17.8. The number of Topliss-reactive ketones (excluding diaryl/α,β-unsaturated/α-hetero) is 1. The van der Waals surface area contributed by atoms with Gasteiger partial charge in [-0.15, -0.1) is 0 Å². The molecule has 0 aromatic carbocycles. The highest BCUT2D eigenvalue weighted by atomic mass is 16.7. The predicted molar refractivity (Wildman–Crippen MR) is 105 cm³/mol.